The van der Waals surface area contributed by atoms with Crippen molar-refractivity contribution in [1.82, 2.24) is 0 Å². The van der Waals surface area contributed by atoms with E-state index in [1.54, 1.807) is 0 Å². The minimum absolute atomic E-state index is 0.136. The van der Waals surface area contributed by atoms with E-state index < -0.39 is 0 Å². The molecule has 4 heteroatoms. The van der Waals surface area contributed by atoms with Gasteiger partial charge in [0.15, 0.2) is 0 Å². The summed E-state index contributed by atoms with van der Waals surface area (Å²) in [6.45, 7) is 3.17. The maximum atomic E-state index is 11.7. The molecule has 1 aliphatic carbocycles. The normalized spacial score (nSPS) is 17.5. The molecule has 0 bridgehead atoms. The predicted molar refractivity (Wildman–Crippen MR) is 85.8 cm³/mol. The van der Waals surface area contributed by atoms with Gasteiger partial charge in [0.05, 0.1) is 19.0 Å². The highest BCUT2D eigenvalue weighted by Crippen LogP contribution is 2.22. The zero-order chi connectivity index (χ0) is 14.9. The lowest BCUT2D eigenvalue weighted by atomic mass is 9.95. The van der Waals surface area contributed by atoms with Gasteiger partial charge in [-0.1, -0.05) is 12.2 Å². The molecule has 0 fully saturated rings. The molecule has 0 heterocycles. The Labute approximate surface area is 130 Å². The van der Waals surface area contributed by atoms with Crippen LogP contribution in [-0.2, 0) is 9.53 Å². The molecule has 0 saturated heterocycles. The first-order chi connectivity index (χ1) is 10.3. The summed E-state index contributed by atoms with van der Waals surface area (Å²) in [5.74, 6) is 1.57. The summed E-state index contributed by atoms with van der Waals surface area (Å²) in [4.78, 5) is 12.8. The minimum atomic E-state index is -0.136. The molecule has 0 amide bonds. The number of thioether (sulfide) groups is 1. The van der Waals surface area contributed by atoms with Crippen molar-refractivity contribution in [2.24, 2.45) is 5.92 Å². The first-order valence-electron chi connectivity index (χ1n) is 7.44. The molecule has 1 unspecified atom stereocenters. The molecule has 1 atom stereocenters. The lowest BCUT2D eigenvalue weighted by Gasteiger charge is -2.17. The van der Waals surface area contributed by atoms with Crippen molar-refractivity contribution in [2.45, 2.75) is 31.1 Å². The molecule has 0 aromatic heterocycles. The number of hydrogen-bond acceptors (Lipinski definition) is 4. The second-order valence-electron chi connectivity index (χ2n) is 5.03. The first kappa shape index (κ1) is 16.0. The van der Waals surface area contributed by atoms with E-state index in [1.165, 1.54) is 11.8 Å². The van der Waals surface area contributed by atoms with E-state index in [1.807, 2.05) is 31.2 Å². The average molecular weight is 306 g/mol. The molecule has 0 saturated carbocycles. The molecular formula is C17H22O3S. The number of allylic oxidation sites excluding steroid dienone is 2. The summed E-state index contributed by atoms with van der Waals surface area (Å²) in [5, 5.41) is 0. The maximum absolute atomic E-state index is 11.7. The molecule has 0 radical (unpaired) electrons. The topological polar surface area (TPSA) is 35.5 Å². The summed E-state index contributed by atoms with van der Waals surface area (Å²) in [5.41, 5.74) is 0. The van der Waals surface area contributed by atoms with Crippen molar-refractivity contribution in [1.29, 1.82) is 0 Å². The molecule has 21 heavy (non-hydrogen) atoms. The SMILES string of the molecule is CCOc1ccc(SCC(=O)OCC2CC=CCC2)cc1. The Morgan fingerprint density at radius 2 is 2.10 bits per heavy atom. The quantitative estimate of drug-likeness (QED) is 0.432. The fourth-order valence-electron chi connectivity index (χ4n) is 2.20. The molecule has 1 aromatic carbocycles. The van der Waals surface area contributed by atoms with Gasteiger partial charge in [-0.05, 0) is 56.4 Å². The van der Waals surface area contributed by atoms with Gasteiger partial charge in [-0.25, -0.2) is 0 Å². The zero-order valence-electron chi connectivity index (χ0n) is 12.4. The molecular weight excluding hydrogens is 284 g/mol. The van der Waals surface area contributed by atoms with E-state index >= 15 is 0 Å². The van der Waals surface area contributed by atoms with E-state index in [4.69, 9.17) is 9.47 Å². The van der Waals surface area contributed by atoms with E-state index in [0.717, 1.165) is 29.9 Å². The van der Waals surface area contributed by atoms with Gasteiger partial charge in [-0.3, -0.25) is 4.79 Å². The van der Waals surface area contributed by atoms with E-state index in [-0.39, 0.29) is 5.97 Å². The highest BCUT2D eigenvalue weighted by atomic mass is 32.2. The van der Waals surface area contributed by atoms with E-state index in [0.29, 0.717) is 24.9 Å². The Morgan fingerprint density at radius 3 is 2.76 bits per heavy atom. The van der Waals surface area contributed by atoms with Crippen LogP contribution in [-0.4, -0.2) is 24.9 Å². The van der Waals surface area contributed by atoms with Crippen LogP contribution >= 0.6 is 11.8 Å². The molecule has 0 aliphatic heterocycles. The molecule has 1 aliphatic rings. The van der Waals surface area contributed by atoms with Gasteiger partial charge < -0.3 is 9.47 Å². The molecule has 2 rings (SSSR count). The smallest absolute Gasteiger partial charge is 0.316 e. The Hall–Kier alpha value is -1.42. The highest BCUT2D eigenvalue weighted by molar-refractivity contribution is 8.00. The summed E-state index contributed by atoms with van der Waals surface area (Å²) in [6, 6.07) is 7.78. The van der Waals surface area contributed by atoms with Gasteiger partial charge in [0.1, 0.15) is 5.75 Å². The van der Waals surface area contributed by atoms with Gasteiger partial charge >= 0.3 is 5.97 Å². The van der Waals surface area contributed by atoms with Gasteiger partial charge in [0, 0.05) is 4.90 Å². The fraction of sp³-hybridized carbons (Fsp3) is 0.471. The monoisotopic (exact) mass is 306 g/mol. The summed E-state index contributed by atoms with van der Waals surface area (Å²) in [6.07, 6.45) is 7.62. The van der Waals surface area contributed by atoms with Gasteiger partial charge in [0.2, 0.25) is 0 Å². The fourth-order valence-corrected chi connectivity index (χ4v) is 2.90. The number of rotatable bonds is 7. The maximum Gasteiger partial charge on any atom is 0.316 e. The van der Waals surface area contributed by atoms with Crippen molar-refractivity contribution in [3.8, 4) is 5.75 Å². The van der Waals surface area contributed by atoms with Crippen LogP contribution in [0.4, 0.5) is 0 Å². The van der Waals surface area contributed by atoms with E-state index in [2.05, 4.69) is 12.2 Å². The van der Waals surface area contributed by atoms with Crippen molar-refractivity contribution in [3.63, 3.8) is 0 Å². The summed E-state index contributed by atoms with van der Waals surface area (Å²) >= 11 is 1.50. The Kier molecular flexibility index (Phi) is 6.67. The van der Waals surface area contributed by atoms with Crippen LogP contribution in [0.5, 0.6) is 5.75 Å². The lowest BCUT2D eigenvalue weighted by Crippen LogP contribution is -2.16. The summed E-state index contributed by atoms with van der Waals surface area (Å²) in [7, 11) is 0. The van der Waals surface area contributed by atoms with Crippen molar-refractivity contribution in [3.05, 3.63) is 36.4 Å². The molecule has 0 spiro atoms. The highest BCUT2D eigenvalue weighted by Gasteiger charge is 2.12. The van der Waals surface area contributed by atoms with Crippen LogP contribution in [0.25, 0.3) is 0 Å². The van der Waals surface area contributed by atoms with Crippen LogP contribution in [0.3, 0.4) is 0 Å². The Morgan fingerprint density at radius 1 is 1.29 bits per heavy atom. The summed E-state index contributed by atoms with van der Waals surface area (Å²) < 4.78 is 10.7. The first-order valence-corrected chi connectivity index (χ1v) is 8.42. The third-order valence-corrected chi connectivity index (χ3v) is 4.33. The Balaban J connectivity index is 1.67. The standard InChI is InChI=1S/C17H22O3S/c1-2-19-15-8-10-16(11-9-15)21-13-17(18)20-12-14-6-4-3-5-7-14/h3-4,8-11,14H,2,5-7,12-13H2,1H3. The number of esters is 1. The number of hydrogen-bond donors (Lipinski definition) is 0. The lowest BCUT2D eigenvalue weighted by molar-refractivity contribution is -0.141. The molecule has 0 N–H and O–H groups in total. The number of carbonyl (C=O) groups is 1. The third kappa shape index (κ3) is 5.84. The Bertz CT molecular complexity index is 467. The third-order valence-electron chi connectivity index (χ3n) is 3.35. The number of benzene rings is 1. The number of carbonyl (C=O) groups excluding carboxylic acids is 1. The van der Waals surface area contributed by atoms with Crippen LogP contribution in [0.1, 0.15) is 26.2 Å². The van der Waals surface area contributed by atoms with Crippen molar-refractivity contribution in [2.75, 3.05) is 19.0 Å². The second kappa shape index (κ2) is 8.78. The number of ether oxygens (including phenoxy) is 2. The van der Waals surface area contributed by atoms with E-state index in [9.17, 15) is 4.79 Å². The van der Waals surface area contributed by atoms with Crippen LogP contribution in [0.15, 0.2) is 41.3 Å². The molecule has 1 aromatic rings. The largest absolute Gasteiger partial charge is 0.494 e. The van der Waals surface area contributed by atoms with Crippen LogP contribution in [0, 0.1) is 5.92 Å². The van der Waals surface area contributed by atoms with Gasteiger partial charge in [0.25, 0.3) is 0 Å². The van der Waals surface area contributed by atoms with Gasteiger partial charge in [-0.2, -0.15) is 0 Å². The minimum Gasteiger partial charge on any atom is -0.494 e. The van der Waals surface area contributed by atoms with Gasteiger partial charge in [-0.15, -0.1) is 11.8 Å². The van der Waals surface area contributed by atoms with Crippen LogP contribution in [0.2, 0.25) is 0 Å². The van der Waals surface area contributed by atoms with Crippen LogP contribution < -0.4 is 4.74 Å². The van der Waals surface area contributed by atoms with Crippen molar-refractivity contribution < 1.29 is 14.3 Å². The average Bonchev–Trinajstić information content (AvgIpc) is 2.53. The van der Waals surface area contributed by atoms with Crippen molar-refractivity contribution >= 4 is 17.7 Å². The molecule has 114 valence electrons. The second-order valence-corrected chi connectivity index (χ2v) is 6.08. The zero-order valence-corrected chi connectivity index (χ0v) is 13.2. The predicted octanol–water partition coefficient (Wildman–Crippen LogP) is 4.08. The molecule has 3 nitrogen and oxygen atoms in total.